The van der Waals surface area contributed by atoms with Gasteiger partial charge in [-0.05, 0) is 5.92 Å². The van der Waals surface area contributed by atoms with Gasteiger partial charge >= 0.3 is 0 Å². The highest BCUT2D eigenvalue weighted by Gasteiger charge is 2.02. The van der Waals surface area contributed by atoms with Crippen molar-refractivity contribution in [1.29, 1.82) is 0 Å². The zero-order chi connectivity index (χ0) is 14.9. The van der Waals surface area contributed by atoms with E-state index in [1.807, 2.05) is 0 Å². The van der Waals surface area contributed by atoms with Gasteiger partial charge in [0.25, 0.3) is 0 Å². The zero-order valence-electron chi connectivity index (χ0n) is 14.6. The summed E-state index contributed by atoms with van der Waals surface area (Å²) >= 11 is 0. The van der Waals surface area contributed by atoms with Crippen molar-refractivity contribution in [2.75, 3.05) is 0 Å². The van der Waals surface area contributed by atoms with Crippen molar-refractivity contribution in [3.8, 4) is 0 Å². The molecule has 0 aromatic rings. The fourth-order valence-corrected chi connectivity index (χ4v) is 2.97. The van der Waals surface area contributed by atoms with E-state index in [-0.39, 0.29) is 0 Å². The maximum Gasteiger partial charge on any atom is -0.0443 e. The number of hydrogen-bond acceptors (Lipinski definition) is 0. The van der Waals surface area contributed by atoms with Gasteiger partial charge in [-0.15, -0.1) is 0 Å². The van der Waals surface area contributed by atoms with Crippen LogP contribution in [0.15, 0.2) is 0 Å². The molecule has 121 valence electrons. The standard InChI is InChI=1S/C20H41/c1-4-6-8-10-12-13-15-17-19-20(3)18-16-14-11-9-7-5-2/h20H,1,4-19H2,2-3H3. The average molecular weight is 282 g/mol. The molecule has 0 rings (SSSR count). The van der Waals surface area contributed by atoms with Crippen molar-refractivity contribution < 1.29 is 0 Å². The lowest BCUT2D eigenvalue weighted by Crippen LogP contribution is -1.95. The summed E-state index contributed by atoms with van der Waals surface area (Å²) in [5.41, 5.74) is 0. The summed E-state index contributed by atoms with van der Waals surface area (Å²) in [5, 5.41) is 0. The largest absolute Gasteiger partial charge is 0.0654 e. The Bertz CT molecular complexity index is 161. The van der Waals surface area contributed by atoms with E-state index in [0.29, 0.717) is 0 Å². The van der Waals surface area contributed by atoms with Gasteiger partial charge < -0.3 is 0 Å². The van der Waals surface area contributed by atoms with Crippen LogP contribution in [0.2, 0.25) is 0 Å². The monoisotopic (exact) mass is 281 g/mol. The first-order chi connectivity index (χ1) is 9.81. The summed E-state index contributed by atoms with van der Waals surface area (Å²) in [6.07, 6.45) is 22.7. The molecule has 0 amide bonds. The first-order valence-electron chi connectivity index (χ1n) is 9.60. The van der Waals surface area contributed by atoms with Crippen LogP contribution in [-0.4, -0.2) is 0 Å². The van der Waals surface area contributed by atoms with Gasteiger partial charge in [0.05, 0.1) is 0 Å². The summed E-state index contributed by atoms with van der Waals surface area (Å²) in [6, 6.07) is 0. The predicted octanol–water partition coefficient (Wildman–Crippen LogP) is 7.72. The fraction of sp³-hybridized carbons (Fsp3) is 0.950. The van der Waals surface area contributed by atoms with E-state index in [2.05, 4.69) is 20.8 Å². The molecule has 0 N–H and O–H groups in total. The Morgan fingerprint density at radius 3 is 1.45 bits per heavy atom. The Morgan fingerprint density at radius 1 is 0.600 bits per heavy atom. The molecule has 0 aromatic heterocycles. The molecule has 0 fully saturated rings. The van der Waals surface area contributed by atoms with E-state index in [1.165, 1.54) is 96.3 Å². The van der Waals surface area contributed by atoms with Gasteiger partial charge in [-0.2, -0.15) is 0 Å². The minimum Gasteiger partial charge on any atom is -0.0654 e. The Balaban J connectivity index is 3.10. The summed E-state index contributed by atoms with van der Waals surface area (Å²) in [4.78, 5) is 0. The van der Waals surface area contributed by atoms with Gasteiger partial charge in [-0.25, -0.2) is 0 Å². The van der Waals surface area contributed by atoms with Crippen molar-refractivity contribution in [1.82, 2.24) is 0 Å². The molecule has 20 heavy (non-hydrogen) atoms. The maximum atomic E-state index is 3.90. The Hall–Kier alpha value is 0. The van der Waals surface area contributed by atoms with Gasteiger partial charge in [0.1, 0.15) is 0 Å². The second-order valence-corrected chi connectivity index (χ2v) is 6.78. The van der Waals surface area contributed by atoms with Gasteiger partial charge in [-0.3, -0.25) is 0 Å². The molecule has 0 saturated heterocycles. The second-order valence-electron chi connectivity index (χ2n) is 6.78. The molecule has 0 bridgehead atoms. The number of hydrogen-bond donors (Lipinski definition) is 0. The summed E-state index contributed by atoms with van der Waals surface area (Å²) in [6.45, 7) is 8.65. The summed E-state index contributed by atoms with van der Waals surface area (Å²) in [5.74, 6) is 0.965. The third-order valence-corrected chi connectivity index (χ3v) is 4.50. The van der Waals surface area contributed by atoms with Crippen molar-refractivity contribution in [3.05, 3.63) is 6.92 Å². The first kappa shape index (κ1) is 20.0. The van der Waals surface area contributed by atoms with Crippen LogP contribution >= 0.6 is 0 Å². The Morgan fingerprint density at radius 2 is 1.00 bits per heavy atom. The molecule has 0 spiro atoms. The van der Waals surface area contributed by atoms with E-state index in [4.69, 9.17) is 0 Å². The summed E-state index contributed by atoms with van der Waals surface area (Å²) < 4.78 is 0. The average Bonchev–Trinajstić information content (AvgIpc) is 2.45. The van der Waals surface area contributed by atoms with Gasteiger partial charge in [0.2, 0.25) is 0 Å². The lowest BCUT2D eigenvalue weighted by molar-refractivity contribution is 0.431. The van der Waals surface area contributed by atoms with E-state index >= 15 is 0 Å². The predicted molar refractivity (Wildman–Crippen MR) is 94.1 cm³/mol. The number of rotatable bonds is 16. The molecule has 0 aliphatic carbocycles. The molecule has 0 nitrogen and oxygen atoms in total. The molecule has 0 aromatic carbocycles. The minimum absolute atomic E-state index is 0.965. The Labute approximate surface area is 130 Å². The molecule has 1 unspecified atom stereocenters. The van der Waals surface area contributed by atoms with Gasteiger partial charge in [0, 0.05) is 0 Å². The van der Waals surface area contributed by atoms with E-state index in [0.717, 1.165) is 12.3 Å². The first-order valence-corrected chi connectivity index (χ1v) is 9.60. The topological polar surface area (TPSA) is 0 Å². The van der Waals surface area contributed by atoms with Crippen LogP contribution in [0.5, 0.6) is 0 Å². The maximum absolute atomic E-state index is 3.90. The Kier molecular flexibility index (Phi) is 17.1. The molecule has 0 heteroatoms. The normalized spacial score (nSPS) is 12.8. The van der Waals surface area contributed by atoms with E-state index in [9.17, 15) is 0 Å². The van der Waals surface area contributed by atoms with Crippen LogP contribution in [0.1, 0.15) is 117 Å². The lowest BCUT2D eigenvalue weighted by Gasteiger charge is -2.11. The number of unbranched alkanes of at least 4 members (excludes halogenated alkanes) is 12. The van der Waals surface area contributed by atoms with Crippen LogP contribution in [0.3, 0.4) is 0 Å². The SMILES string of the molecule is [CH2]CCCCCCCCCC(C)CCCCCCCC. The van der Waals surface area contributed by atoms with E-state index < -0.39 is 0 Å². The highest BCUT2D eigenvalue weighted by molar-refractivity contribution is 4.56. The van der Waals surface area contributed by atoms with Crippen molar-refractivity contribution in [2.45, 2.75) is 117 Å². The van der Waals surface area contributed by atoms with E-state index in [1.54, 1.807) is 0 Å². The third kappa shape index (κ3) is 16.1. The highest BCUT2D eigenvalue weighted by atomic mass is 14.1. The van der Waals surface area contributed by atoms with Gasteiger partial charge in [-0.1, -0.05) is 124 Å². The fourth-order valence-electron chi connectivity index (χ4n) is 2.97. The second kappa shape index (κ2) is 17.1. The van der Waals surface area contributed by atoms with Crippen molar-refractivity contribution in [3.63, 3.8) is 0 Å². The van der Waals surface area contributed by atoms with Crippen molar-refractivity contribution >= 4 is 0 Å². The third-order valence-electron chi connectivity index (χ3n) is 4.50. The van der Waals surface area contributed by atoms with Gasteiger partial charge in [0.15, 0.2) is 0 Å². The van der Waals surface area contributed by atoms with Crippen LogP contribution in [0, 0.1) is 12.8 Å². The molecule has 0 saturated carbocycles. The quantitative estimate of drug-likeness (QED) is 0.254. The van der Waals surface area contributed by atoms with Crippen LogP contribution < -0.4 is 0 Å². The van der Waals surface area contributed by atoms with Crippen LogP contribution in [0.4, 0.5) is 0 Å². The smallest absolute Gasteiger partial charge is 0.0443 e. The molecular weight excluding hydrogens is 240 g/mol. The molecular formula is C20H41. The lowest BCUT2D eigenvalue weighted by atomic mass is 9.96. The molecule has 0 aliphatic rings. The minimum atomic E-state index is 0.965. The molecule has 0 aliphatic heterocycles. The highest BCUT2D eigenvalue weighted by Crippen LogP contribution is 2.18. The van der Waals surface area contributed by atoms with Crippen LogP contribution in [-0.2, 0) is 0 Å². The molecule has 1 atom stereocenters. The zero-order valence-corrected chi connectivity index (χ0v) is 14.6. The molecule has 0 heterocycles. The van der Waals surface area contributed by atoms with Crippen LogP contribution in [0.25, 0.3) is 0 Å². The molecule has 1 radical (unpaired) electrons. The summed E-state index contributed by atoms with van der Waals surface area (Å²) in [7, 11) is 0. The van der Waals surface area contributed by atoms with Crippen molar-refractivity contribution in [2.24, 2.45) is 5.92 Å².